The molecule has 0 unspecified atom stereocenters. The van der Waals surface area contributed by atoms with Crippen LogP contribution in [0.5, 0.6) is 0 Å². The van der Waals surface area contributed by atoms with Gasteiger partial charge in [0.1, 0.15) is 10.8 Å². The Hall–Kier alpha value is -1.82. The summed E-state index contributed by atoms with van der Waals surface area (Å²) in [7, 11) is 0. The maximum Gasteiger partial charge on any atom is 0.176 e. The predicted molar refractivity (Wildman–Crippen MR) is 109 cm³/mol. The third-order valence-electron chi connectivity index (χ3n) is 5.97. The molecule has 1 spiro atoms. The van der Waals surface area contributed by atoms with Crippen molar-refractivity contribution in [1.82, 2.24) is 19.9 Å². The summed E-state index contributed by atoms with van der Waals surface area (Å²) >= 11 is 12.5. The van der Waals surface area contributed by atoms with Gasteiger partial charge in [0.2, 0.25) is 0 Å². The summed E-state index contributed by atoms with van der Waals surface area (Å²) in [5.41, 5.74) is 4.54. The van der Waals surface area contributed by atoms with Gasteiger partial charge in [-0.15, -0.1) is 0 Å². The molecule has 0 amide bonds. The number of nitrogens with one attached hydrogen (secondary N) is 2. The van der Waals surface area contributed by atoms with E-state index in [4.69, 9.17) is 28.2 Å². The first kappa shape index (κ1) is 17.3. The van der Waals surface area contributed by atoms with E-state index in [9.17, 15) is 0 Å². The molecule has 7 heteroatoms. The number of nitrogens with zero attached hydrogens (tertiary/aromatic N) is 3. The van der Waals surface area contributed by atoms with E-state index in [1.165, 1.54) is 11.3 Å². The first-order chi connectivity index (χ1) is 13.2. The molecule has 1 aliphatic carbocycles. The van der Waals surface area contributed by atoms with Crippen molar-refractivity contribution >= 4 is 34.7 Å². The summed E-state index contributed by atoms with van der Waals surface area (Å²) in [6, 6.07) is 7.92. The van der Waals surface area contributed by atoms with Crippen molar-refractivity contribution in [2.24, 2.45) is 0 Å². The second kappa shape index (κ2) is 6.66. The van der Waals surface area contributed by atoms with Crippen LogP contribution in [0.1, 0.15) is 36.1 Å². The SMILES string of the molecule is Clc1cccc(CNc2c3c(nc4c(Cl)cnn24)C2(CCNCC2)CC3)c1. The molecule has 0 bridgehead atoms. The minimum absolute atomic E-state index is 0.169. The van der Waals surface area contributed by atoms with Crippen LogP contribution in [0.2, 0.25) is 10.0 Å². The average Bonchev–Trinajstić information content (AvgIpc) is 3.22. The van der Waals surface area contributed by atoms with Gasteiger partial charge in [0, 0.05) is 22.5 Å². The molecule has 5 nitrogen and oxygen atoms in total. The van der Waals surface area contributed by atoms with Crippen LogP contribution in [0.15, 0.2) is 30.5 Å². The number of hydrogen-bond donors (Lipinski definition) is 2. The van der Waals surface area contributed by atoms with Gasteiger partial charge in [-0.05, 0) is 56.5 Å². The fraction of sp³-hybridized carbons (Fsp3) is 0.400. The summed E-state index contributed by atoms with van der Waals surface area (Å²) < 4.78 is 1.85. The number of fused-ring (bicyclic) bond motifs is 3. The molecule has 3 heterocycles. The molecule has 3 aromatic rings. The Morgan fingerprint density at radius 3 is 2.85 bits per heavy atom. The zero-order valence-corrected chi connectivity index (χ0v) is 16.4. The molecule has 0 radical (unpaired) electrons. The van der Waals surface area contributed by atoms with Crippen LogP contribution < -0.4 is 10.6 Å². The van der Waals surface area contributed by atoms with Gasteiger partial charge in [0.25, 0.3) is 0 Å². The lowest BCUT2D eigenvalue weighted by molar-refractivity contribution is 0.301. The molecule has 0 saturated carbocycles. The zero-order valence-electron chi connectivity index (χ0n) is 14.9. The molecular formula is C20H21Cl2N5. The van der Waals surface area contributed by atoms with Crippen LogP contribution in [0.4, 0.5) is 5.82 Å². The van der Waals surface area contributed by atoms with E-state index in [1.807, 2.05) is 22.7 Å². The summed E-state index contributed by atoms with van der Waals surface area (Å²) in [4.78, 5) is 5.00. The van der Waals surface area contributed by atoms with Crippen molar-refractivity contribution in [3.8, 4) is 0 Å². The fourth-order valence-corrected chi connectivity index (χ4v) is 4.94. The van der Waals surface area contributed by atoms with E-state index in [-0.39, 0.29) is 5.41 Å². The lowest BCUT2D eigenvalue weighted by Gasteiger charge is -2.34. The van der Waals surface area contributed by atoms with E-state index in [2.05, 4.69) is 21.8 Å². The molecule has 1 fully saturated rings. The molecular weight excluding hydrogens is 381 g/mol. The summed E-state index contributed by atoms with van der Waals surface area (Å²) in [6.45, 7) is 2.77. The minimum Gasteiger partial charge on any atom is -0.366 e. The summed E-state index contributed by atoms with van der Waals surface area (Å²) in [5, 5.41) is 12.9. The topological polar surface area (TPSA) is 54.2 Å². The third-order valence-corrected chi connectivity index (χ3v) is 6.47. The van der Waals surface area contributed by atoms with Crippen molar-refractivity contribution in [2.45, 2.75) is 37.6 Å². The molecule has 140 valence electrons. The molecule has 1 aliphatic heterocycles. The first-order valence-electron chi connectivity index (χ1n) is 9.42. The number of benzene rings is 1. The summed E-state index contributed by atoms with van der Waals surface area (Å²) in [5.74, 6) is 1.01. The van der Waals surface area contributed by atoms with E-state index in [1.54, 1.807) is 6.20 Å². The normalized spacial score (nSPS) is 18.1. The van der Waals surface area contributed by atoms with Gasteiger partial charge >= 0.3 is 0 Å². The minimum atomic E-state index is 0.169. The molecule has 2 aromatic heterocycles. The molecule has 0 atom stereocenters. The van der Waals surface area contributed by atoms with Gasteiger partial charge in [-0.2, -0.15) is 9.61 Å². The van der Waals surface area contributed by atoms with Crippen molar-refractivity contribution in [2.75, 3.05) is 18.4 Å². The Morgan fingerprint density at radius 2 is 2.04 bits per heavy atom. The number of anilines is 1. The highest BCUT2D eigenvalue weighted by molar-refractivity contribution is 6.33. The Bertz CT molecular complexity index is 1010. The Kier molecular flexibility index (Phi) is 4.26. The van der Waals surface area contributed by atoms with Crippen LogP contribution in [-0.2, 0) is 18.4 Å². The van der Waals surface area contributed by atoms with E-state index < -0.39 is 0 Å². The van der Waals surface area contributed by atoms with E-state index >= 15 is 0 Å². The monoisotopic (exact) mass is 401 g/mol. The van der Waals surface area contributed by atoms with Gasteiger partial charge in [-0.25, -0.2) is 4.98 Å². The van der Waals surface area contributed by atoms with Gasteiger partial charge in [-0.3, -0.25) is 0 Å². The highest BCUT2D eigenvalue weighted by Gasteiger charge is 2.43. The average molecular weight is 402 g/mol. The lowest BCUT2D eigenvalue weighted by Crippen LogP contribution is -2.39. The zero-order chi connectivity index (χ0) is 18.4. The van der Waals surface area contributed by atoms with Crippen molar-refractivity contribution in [3.05, 3.63) is 57.3 Å². The Morgan fingerprint density at radius 1 is 1.19 bits per heavy atom. The second-order valence-electron chi connectivity index (χ2n) is 7.53. The second-order valence-corrected chi connectivity index (χ2v) is 8.37. The van der Waals surface area contributed by atoms with Crippen LogP contribution in [-0.4, -0.2) is 27.7 Å². The smallest absolute Gasteiger partial charge is 0.176 e. The molecule has 5 rings (SSSR count). The summed E-state index contributed by atoms with van der Waals surface area (Å²) in [6.07, 6.45) is 6.10. The molecule has 1 saturated heterocycles. The molecule has 2 aliphatic rings. The van der Waals surface area contributed by atoms with Crippen molar-refractivity contribution < 1.29 is 0 Å². The number of halogens is 2. The maximum atomic E-state index is 6.41. The Labute approximate surface area is 168 Å². The molecule has 2 N–H and O–H groups in total. The highest BCUT2D eigenvalue weighted by atomic mass is 35.5. The van der Waals surface area contributed by atoms with Gasteiger partial charge < -0.3 is 10.6 Å². The number of aromatic nitrogens is 3. The van der Waals surface area contributed by atoms with Gasteiger partial charge in [0.05, 0.1) is 11.9 Å². The van der Waals surface area contributed by atoms with Crippen molar-refractivity contribution in [1.29, 1.82) is 0 Å². The first-order valence-corrected chi connectivity index (χ1v) is 10.2. The van der Waals surface area contributed by atoms with Gasteiger partial charge in [-0.1, -0.05) is 35.3 Å². The van der Waals surface area contributed by atoms with E-state index in [0.717, 1.165) is 60.8 Å². The fourth-order valence-electron chi connectivity index (χ4n) is 4.56. The quantitative estimate of drug-likeness (QED) is 0.689. The Balaban J connectivity index is 1.59. The van der Waals surface area contributed by atoms with Crippen LogP contribution in [0.25, 0.3) is 5.65 Å². The highest BCUT2D eigenvalue weighted by Crippen LogP contribution is 2.46. The number of hydrogen-bond acceptors (Lipinski definition) is 4. The molecule has 1 aromatic carbocycles. The van der Waals surface area contributed by atoms with E-state index in [0.29, 0.717) is 11.6 Å². The number of piperidine rings is 1. The number of rotatable bonds is 3. The third kappa shape index (κ3) is 2.89. The van der Waals surface area contributed by atoms with Crippen LogP contribution >= 0.6 is 23.2 Å². The standard InChI is InChI=1S/C20H21Cl2N5/c21-14-3-1-2-13(10-14)11-24-18-15-4-5-20(6-8-23-9-7-20)17(15)26-19-16(22)12-25-27(18)19/h1-3,10,12,23-24H,4-9,11H2. The molecule has 27 heavy (non-hydrogen) atoms. The largest absolute Gasteiger partial charge is 0.366 e. The van der Waals surface area contributed by atoms with Crippen molar-refractivity contribution in [3.63, 3.8) is 0 Å². The predicted octanol–water partition coefficient (Wildman–Crippen LogP) is 4.22. The van der Waals surface area contributed by atoms with Gasteiger partial charge in [0.15, 0.2) is 5.65 Å². The lowest BCUT2D eigenvalue weighted by atomic mass is 9.77. The van der Waals surface area contributed by atoms with Crippen LogP contribution in [0, 0.1) is 0 Å². The van der Waals surface area contributed by atoms with Crippen LogP contribution in [0.3, 0.4) is 0 Å². The maximum absolute atomic E-state index is 6.41.